The van der Waals surface area contributed by atoms with Gasteiger partial charge in [-0.3, -0.25) is 13.9 Å². The highest BCUT2D eigenvalue weighted by Gasteiger charge is 2.28. The molecule has 7 nitrogen and oxygen atoms in total. The molecule has 34 heavy (non-hydrogen) atoms. The van der Waals surface area contributed by atoms with Gasteiger partial charge in [0.05, 0.1) is 11.9 Å². The average Bonchev–Trinajstić information content (AvgIpc) is 2.75. The van der Waals surface area contributed by atoms with Crippen LogP contribution >= 0.6 is 0 Å². The minimum absolute atomic E-state index is 0.135. The van der Waals surface area contributed by atoms with Crippen LogP contribution in [0.1, 0.15) is 48.4 Å². The van der Waals surface area contributed by atoms with Crippen LogP contribution in [-0.4, -0.2) is 51.0 Å². The van der Waals surface area contributed by atoms with Crippen LogP contribution in [0.5, 0.6) is 0 Å². The maximum atomic E-state index is 13.3. The van der Waals surface area contributed by atoms with Gasteiger partial charge in [0.15, 0.2) is 0 Å². The Hall–Kier alpha value is -2.87. The lowest BCUT2D eigenvalue weighted by Gasteiger charge is -2.31. The zero-order chi connectivity index (χ0) is 25.5. The molecule has 2 rings (SSSR count). The first-order valence-electron chi connectivity index (χ1n) is 11.6. The molecule has 186 valence electrons. The number of likely N-dealkylation sites (N-methyl/N-ethyl adjacent to an activating group) is 1. The fourth-order valence-electron chi connectivity index (χ4n) is 4.16. The number of aryl methyl sites for hydroxylation is 3. The smallest absolute Gasteiger partial charge is 0.242 e. The van der Waals surface area contributed by atoms with Gasteiger partial charge >= 0.3 is 0 Å². The van der Waals surface area contributed by atoms with Crippen molar-refractivity contribution in [3.8, 4) is 0 Å². The lowest BCUT2D eigenvalue weighted by Crippen LogP contribution is -2.48. The summed E-state index contributed by atoms with van der Waals surface area (Å²) in [7, 11) is -1.95. The van der Waals surface area contributed by atoms with Crippen molar-refractivity contribution in [1.82, 2.24) is 10.2 Å². The van der Waals surface area contributed by atoms with Crippen LogP contribution in [0.2, 0.25) is 0 Å². The number of amides is 2. The number of carbonyl (C=O) groups is 2. The van der Waals surface area contributed by atoms with E-state index in [9.17, 15) is 18.0 Å². The van der Waals surface area contributed by atoms with Gasteiger partial charge in [-0.25, -0.2) is 8.42 Å². The molecule has 0 spiro atoms. The first kappa shape index (κ1) is 27.4. The minimum Gasteiger partial charge on any atom is -0.357 e. The summed E-state index contributed by atoms with van der Waals surface area (Å²) in [6.45, 7) is 8.21. The zero-order valence-corrected chi connectivity index (χ0v) is 21.9. The molecule has 1 N–H and O–H groups in total. The molecule has 2 amide bonds. The SMILES string of the molecule is CC[C@H](C(=O)NC)N(Cc1ccccc1C)C(=O)CCCN(c1cc(C)cc(C)c1)S(C)(=O)=O. The monoisotopic (exact) mass is 487 g/mol. The second-order valence-corrected chi connectivity index (χ2v) is 10.7. The third-order valence-electron chi connectivity index (χ3n) is 5.88. The van der Waals surface area contributed by atoms with E-state index in [2.05, 4.69) is 5.32 Å². The first-order valence-corrected chi connectivity index (χ1v) is 13.4. The Balaban J connectivity index is 2.23. The molecule has 2 aromatic rings. The van der Waals surface area contributed by atoms with Gasteiger partial charge in [-0.2, -0.15) is 0 Å². The summed E-state index contributed by atoms with van der Waals surface area (Å²) in [4.78, 5) is 27.5. The van der Waals surface area contributed by atoms with Crippen molar-refractivity contribution < 1.29 is 18.0 Å². The predicted octanol–water partition coefficient (Wildman–Crippen LogP) is 3.71. The molecule has 0 unspecified atom stereocenters. The molecule has 1 atom stereocenters. The third kappa shape index (κ3) is 7.32. The molecule has 0 radical (unpaired) electrons. The van der Waals surface area contributed by atoms with E-state index in [1.54, 1.807) is 11.9 Å². The number of sulfonamides is 1. The average molecular weight is 488 g/mol. The van der Waals surface area contributed by atoms with E-state index < -0.39 is 16.1 Å². The minimum atomic E-state index is -3.52. The maximum absolute atomic E-state index is 13.3. The Morgan fingerprint density at radius 3 is 2.18 bits per heavy atom. The molecule has 2 aromatic carbocycles. The summed E-state index contributed by atoms with van der Waals surface area (Å²) in [5.74, 6) is -0.384. The Kier molecular flexibility index (Phi) is 9.67. The number of nitrogens with zero attached hydrogens (tertiary/aromatic N) is 2. The van der Waals surface area contributed by atoms with Crippen molar-refractivity contribution in [1.29, 1.82) is 0 Å². The topological polar surface area (TPSA) is 86.8 Å². The van der Waals surface area contributed by atoms with Crippen molar-refractivity contribution in [3.63, 3.8) is 0 Å². The Morgan fingerprint density at radius 1 is 1.03 bits per heavy atom. The van der Waals surface area contributed by atoms with Gasteiger partial charge in [0.25, 0.3) is 0 Å². The second kappa shape index (κ2) is 12.0. The molecule has 8 heteroatoms. The van der Waals surface area contributed by atoms with Crippen LogP contribution in [0, 0.1) is 20.8 Å². The Labute approximate surface area is 204 Å². The highest BCUT2D eigenvalue weighted by molar-refractivity contribution is 7.92. The van der Waals surface area contributed by atoms with Crippen molar-refractivity contribution in [2.24, 2.45) is 0 Å². The molecule has 0 aromatic heterocycles. The number of rotatable bonds is 11. The van der Waals surface area contributed by atoms with Gasteiger partial charge in [-0.1, -0.05) is 37.3 Å². The van der Waals surface area contributed by atoms with Gasteiger partial charge < -0.3 is 10.2 Å². The summed E-state index contributed by atoms with van der Waals surface area (Å²) in [5, 5.41) is 2.66. The van der Waals surface area contributed by atoms with E-state index in [0.717, 1.165) is 22.3 Å². The highest BCUT2D eigenvalue weighted by Crippen LogP contribution is 2.23. The van der Waals surface area contributed by atoms with Crippen LogP contribution in [0.15, 0.2) is 42.5 Å². The van der Waals surface area contributed by atoms with E-state index in [1.165, 1.54) is 10.6 Å². The molecular weight excluding hydrogens is 450 g/mol. The molecule has 0 fully saturated rings. The molecular formula is C26H37N3O4S. The first-order chi connectivity index (χ1) is 16.0. The van der Waals surface area contributed by atoms with Gasteiger partial charge in [0, 0.05) is 26.6 Å². The van der Waals surface area contributed by atoms with Gasteiger partial charge in [0.1, 0.15) is 6.04 Å². The summed E-state index contributed by atoms with van der Waals surface area (Å²) < 4.78 is 26.4. The number of anilines is 1. The van der Waals surface area contributed by atoms with Crippen molar-refractivity contribution >= 4 is 27.5 Å². The predicted molar refractivity (Wildman–Crippen MR) is 137 cm³/mol. The van der Waals surface area contributed by atoms with Crippen LogP contribution in [0.25, 0.3) is 0 Å². The lowest BCUT2D eigenvalue weighted by atomic mass is 10.1. The third-order valence-corrected chi connectivity index (χ3v) is 7.07. The summed E-state index contributed by atoms with van der Waals surface area (Å²) in [6, 6.07) is 12.8. The van der Waals surface area contributed by atoms with Gasteiger partial charge in [0.2, 0.25) is 21.8 Å². The fraction of sp³-hybridized carbons (Fsp3) is 0.462. The van der Waals surface area contributed by atoms with Crippen molar-refractivity contribution in [2.75, 3.05) is 24.2 Å². The van der Waals surface area contributed by atoms with Crippen LogP contribution in [0.4, 0.5) is 5.69 Å². The standard InChI is InChI=1S/C26H37N3O4S/c1-7-24(26(31)27-5)28(18-22-12-9-8-11-21(22)4)25(30)13-10-14-29(34(6,32)33)23-16-19(2)15-20(3)17-23/h8-9,11-12,15-17,24H,7,10,13-14,18H2,1-6H3,(H,27,31)/t24-/m1/s1. The Bertz CT molecular complexity index is 1090. The quantitative estimate of drug-likeness (QED) is 0.523. The Morgan fingerprint density at radius 2 is 1.65 bits per heavy atom. The molecule has 0 aliphatic carbocycles. The molecule has 0 saturated heterocycles. The highest BCUT2D eigenvalue weighted by atomic mass is 32.2. The largest absolute Gasteiger partial charge is 0.357 e. The summed E-state index contributed by atoms with van der Waals surface area (Å²) in [6.07, 6.45) is 2.13. The fourth-order valence-corrected chi connectivity index (χ4v) is 5.10. The van der Waals surface area contributed by atoms with E-state index >= 15 is 0 Å². The number of benzene rings is 2. The molecule has 0 bridgehead atoms. The number of hydrogen-bond acceptors (Lipinski definition) is 4. The van der Waals surface area contributed by atoms with Crippen molar-refractivity contribution in [2.45, 2.75) is 59.5 Å². The zero-order valence-electron chi connectivity index (χ0n) is 21.1. The van der Waals surface area contributed by atoms with E-state index in [4.69, 9.17) is 0 Å². The maximum Gasteiger partial charge on any atom is 0.242 e. The van der Waals surface area contributed by atoms with Crippen LogP contribution in [-0.2, 0) is 26.2 Å². The van der Waals surface area contributed by atoms with Crippen LogP contribution in [0.3, 0.4) is 0 Å². The van der Waals surface area contributed by atoms with Crippen molar-refractivity contribution in [3.05, 3.63) is 64.7 Å². The number of nitrogens with one attached hydrogen (secondary N) is 1. The summed E-state index contributed by atoms with van der Waals surface area (Å²) in [5.41, 5.74) is 4.57. The van der Waals surface area contributed by atoms with E-state index in [-0.39, 0.29) is 24.8 Å². The molecule has 0 saturated carbocycles. The van der Waals surface area contributed by atoms with Gasteiger partial charge in [-0.05, 0) is 68.0 Å². The normalized spacial score (nSPS) is 12.2. The number of hydrogen-bond donors (Lipinski definition) is 1. The lowest BCUT2D eigenvalue weighted by molar-refractivity contribution is -0.141. The van der Waals surface area contributed by atoms with E-state index in [1.807, 2.05) is 70.2 Å². The summed E-state index contributed by atoms with van der Waals surface area (Å²) >= 11 is 0. The van der Waals surface area contributed by atoms with Crippen LogP contribution < -0.4 is 9.62 Å². The molecule has 0 heterocycles. The van der Waals surface area contributed by atoms with Gasteiger partial charge in [-0.15, -0.1) is 0 Å². The molecule has 0 aliphatic heterocycles. The number of carbonyl (C=O) groups excluding carboxylic acids is 2. The molecule has 0 aliphatic rings. The van der Waals surface area contributed by atoms with E-state index in [0.29, 0.717) is 25.1 Å². The second-order valence-electron chi connectivity index (χ2n) is 8.77.